The van der Waals surface area contributed by atoms with Crippen LogP contribution in [0, 0.1) is 0 Å². The number of nitrogens with zero attached hydrogens (tertiary/aromatic N) is 2. The van der Waals surface area contributed by atoms with Crippen molar-refractivity contribution >= 4 is 34.8 Å². The van der Waals surface area contributed by atoms with Crippen LogP contribution in [0.4, 0.5) is 5.69 Å². The summed E-state index contributed by atoms with van der Waals surface area (Å²) in [6, 6.07) is 12.3. The monoisotopic (exact) mass is 391 g/mol. The zero-order chi connectivity index (χ0) is 18.5. The number of rotatable bonds is 6. The maximum absolute atomic E-state index is 12.1. The van der Waals surface area contributed by atoms with Crippen LogP contribution in [0.3, 0.4) is 0 Å². The van der Waals surface area contributed by atoms with E-state index in [4.69, 9.17) is 32.5 Å². The standard InChI is InChI=1S/C18H15Cl2N3O3/c1-25-12-5-2-4-11(10-12)18-22-16(26-23-18)9-8-15(24)21-17-13(19)6-3-7-14(17)20/h2-7,10H,8-9H2,1H3,(H,21,24). The van der Waals surface area contributed by atoms with E-state index >= 15 is 0 Å². The van der Waals surface area contributed by atoms with Crippen molar-refractivity contribution < 1.29 is 14.1 Å². The number of amides is 1. The maximum Gasteiger partial charge on any atom is 0.227 e. The number of para-hydroxylation sites is 1. The first kappa shape index (κ1) is 18.2. The third-order valence-electron chi connectivity index (χ3n) is 3.59. The van der Waals surface area contributed by atoms with Crippen LogP contribution in [-0.2, 0) is 11.2 Å². The minimum absolute atomic E-state index is 0.154. The highest BCUT2D eigenvalue weighted by molar-refractivity contribution is 6.39. The summed E-state index contributed by atoms with van der Waals surface area (Å²) < 4.78 is 10.4. The van der Waals surface area contributed by atoms with Crippen LogP contribution in [-0.4, -0.2) is 23.2 Å². The largest absolute Gasteiger partial charge is 0.497 e. The van der Waals surface area contributed by atoms with E-state index in [2.05, 4.69) is 15.5 Å². The van der Waals surface area contributed by atoms with E-state index in [1.807, 2.05) is 18.2 Å². The summed E-state index contributed by atoms with van der Waals surface area (Å²) in [6.07, 6.45) is 0.451. The van der Waals surface area contributed by atoms with Crippen molar-refractivity contribution in [2.75, 3.05) is 12.4 Å². The Bertz CT molecular complexity index is 907. The molecule has 3 aromatic rings. The van der Waals surface area contributed by atoms with Crippen molar-refractivity contribution in [3.63, 3.8) is 0 Å². The minimum atomic E-state index is -0.249. The van der Waals surface area contributed by atoms with Crippen molar-refractivity contribution in [2.45, 2.75) is 12.8 Å². The summed E-state index contributed by atoms with van der Waals surface area (Å²) in [6.45, 7) is 0. The quantitative estimate of drug-likeness (QED) is 0.662. The van der Waals surface area contributed by atoms with Gasteiger partial charge in [0.15, 0.2) is 0 Å². The summed E-state index contributed by atoms with van der Waals surface area (Å²) in [5.74, 6) is 1.25. The molecule has 8 heteroatoms. The molecule has 0 bridgehead atoms. The van der Waals surface area contributed by atoms with Crippen molar-refractivity contribution in [3.05, 3.63) is 58.4 Å². The molecule has 26 heavy (non-hydrogen) atoms. The van der Waals surface area contributed by atoms with Gasteiger partial charge in [0.2, 0.25) is 17.6 Å². The number of hydrogen-bond donors (Lipinski definition) is 1. The van der Waals surface area contributed by atoms with Crippen molar-refractivity contribution in [2.24, 2.45) is 0 Å². The average Bonchev–Trinajstić information content (AvgIpc) is 3.12. The van der Waals surface area contributed by atoms with Crippen molar-refractivity contribution in [3.8, 4) is 17.1 Å². The maximum atomic E-state index is 12.1. The molecule has 1 aromatic heterocycles. The van der Waals surface area contributed by atoms with Gasteiger partial charge in [-0.3, -0.25) is 4.79 Å². The highest BCUT2D eigenvalue weighted by Gasteiger charge is 2.13. The Morgan fingerprint density at radius 3 is 2.65 bits per heavy atom. The highest BCUT2D eigenvalue weighted by Crippen LogP contribution is 2.30. The first-order chi connectivity index (χ1) is 12.6. The first-order valence-corrected chi connectivity index (χ1v) is 8.53. The van der Waals surface area contributed by atoms with Gasteiger partial charge in [0.1, 0.15) is 5.75 Å². The molecule has 0 radical (unpaired) electrons. The predicted octanol–water partition coefficient (Wildman–Crippen LogP) is 4.62. The lowest BCUT2D eigenvalue weighted by Crippen LogP contribution is -2.13. The van der Waals surface area contributed by atoms with Gasteiger partial charge in [-0.05, 0) is 24.3 Å². The molecule has 0 aliphatic heterocycles. The smallest absolute Gasteiger partial charge is 0.227 e. The van der Waals surface area contributed by atoms with Gasteiger partial charge in [-0.2, -0.15) is 4.98 Å². The second-order valence-corrected chi connectivity index (χ2v) is 6.20. The van der Waals surface area contributed by atoms with Crippen LogP contribution < -0.4 is 10.1 Å². The number of hydrogen-bond acceptors (Lipinski definition) is 5. The molecule has 1 amide bonds. The van der Waals surface area contributed by atoms with Crippen LogP contribution in [0.2, 0.25) is 10.0 Å². The molecular weight excluding hydrogens is 377 g/mol. The molecule has 0 aliphatic carbocycles. The number of aryl methyl sites for hydroxylation is 1. The lowest BCUT2D eigenvalue weighted by atomic mass is 10.2. The van der Waals surface area contributed by atoms with Gasteiger partial charge in [-0.25, -0.2) is 0 Å². The van der Waals surface area contributed by atoms with E-state index in [9.17, 15) is 4.79 Å². The number of nitrogens with one attached hydrogen (secondary N) is 1. The molecule has 1 heterocycles. The van der Waals surface area contributed by atoms with E-state index in [0.717, 1.165) is 5.56 Å². The van der Waals surface area contributed by atoms with Gasteiger partial charge >= 0.3 is 0 Å². The third kappa shape index (κ3) is 4.33. The molecule has 0 spiro atoms. The van der Waals surface area contributed by atoms with E-state index < -0.39 is 0 Å². The first-order valence-electron chi connectivity index (χ1n) is 7.77. The van der Waals surface area contributed by atoms with Gasteiger partial charge in [0, 0.05) is 18.4 Å². The molecule has 0 unspecified atom stereocenters. The average molecular weight is 392 g/mol. The zero-order valence-electron chi connectivity index (χ0n) is 13.8. The number of carbonyl (C=O) groups is 1. The number of benzene rings is 2. The van der Waals surface area contributed by atoms with Gasteiger partial charge in [-0.1, -0.05) is 46.6 Å². The Labute approximate surface area is 160 Å². The highest BCUT2D eigenvalue weighted by atomic mass is 35.5. The Morgan fingerprint density at radius 2 is 1.92 bits per heavy atom. The predicted molar refractivity (Wildman–Crippen MR) is 99.7 cm³/mol. The second kappa shape index (κ2) is 8.21. The van der Waals surface area contributed by atoms with Crippen LogP contribution >= 0.6 is 23.2 Å². The van der Waals surface area contributed by atoms with Crippen molar-refractivity contribution in [1.29, 1.82) is 0 Å². The van der Waals surface area contributed by atoms with Gasteiger partial charge in [-0.15, -0.1) is 0 Å². The SMILES string of the molecule is COc1cccc(-c2noc(CCC(=O)Nc3c(Cl)cccc3Cl)n2)c1. The van der Waals surface area contributed by atoms with E-state index in [0.29, 0.717) is 39.6 Å². The normalized spacial score (nSPS) is 10.6. The molecule has 0 fully saturated rings. The van der Waals surface area contributed by atoms with Crippen LogP contribution in [0.5, 0.6) is 5.75 Å². The Hall–Kier alpha value is -2.57. The molecule has 0 saturated carbocycles. The molecule has 1 N–H and O–H groups in total. The summed E-state index contributed by atoms with van der Waals surface area (Å²) in [5.41, 5.74) is 1.16. The van der Waals surface area contributed by atoms with Gasteiger partial charge in [0.05, 0.1) is 22.8 Å². The number of ether oxygens (including phenoxy) is 1. The summed E-state index contributed by atoms with van der Waals surface area (Å²) in [4.78, 5) is 16.4. The molecule has 134 valence electrons. The van der Waals surface area contributed by atoms with Crippen LogP contribution in [0.1, 0.15) is 12.3 Å². The number of carbonyl (C=O) groups excluding carboxylic acids is 1. The van der Waals surface area contributed by atoms with Crippen LogP contribution in [0.25, 0.3) is 11.4 Å². The number of anilines is 1. The Balaban J connectivity index is 1.62. The zero-order valence-corrected chi connectivity index (χ0v) is 15.3. The fourth-order valence-corrected chi connectivity index (χ4v) is 2.77. The Morgan fingerprint density at radius 1 is 1.19 bits per heavy atom. The van der Waals surface area contributed by atoms with E-state index in [-0.39, 0.29) is 12.3 Å². The van der Waals surface area contributed by atoms with Gasteiger partial charge in [0.25, 0.3) is 0 Å². The minimum Gasteiger partial charge on any atom is -0.497 e. The molecular formula is C18H15Cl2N3O3. The second-order valence-electron chi connectivity index (χ2n) is 5.39. The number of aromatic nitrogens is 2. The Kier molecular flexibility index (Phi) is 5.75. The molecule has 3 rings (SSSR count). The summed E-state index contributed by atoms with van der Waals surface area (Å²) in [7, 11) is 1.59. The summed E-state index contributed by atoms with van der Waals surface area (Å²) in [5, 5.41) is 7.39. The fourth-order valence-electron chi connectivity index (χ4n) is 2.28. The number of halogens is 2. The van der Waals surface area contributed by atoms with Crippen LogP contribution in [0.15, 0.2) is 47.0 Å². The third-order valence-corrected chi connectivity index (χ3v) is 4.22. The topological polar surface area (TPSA) is 77.2 Å². The fraction of sp³-hybridized carbons (Fsp3) is 0.167. The summed E-state index contributed by atoms with van der Waals surface area (Å²) >= 11 is 12.1. The molecule has 0 saturated heterocycles. The van der Waals surface area contributed by atoms with Crippen molar-refractivity contribution in [1.82, 2.24) is 10.1 Å². The lowest BCUT2D eigenvalue weighted by Gasteiger charge is -2.08. The van der Waals surface area contributed by atoms with E-state index in [1.165, 1.54) is 0 Å². The molecule has 6 nitrogen and oxygen atoms in total. The van der Waals surface area contributed by atoms with Gasteiger partial charge < -0.3 is 14.6 Å². The molecule has 0 aliphatic rings. The molecule has 0 atom stereocenters. The number of methoxy groups -OCH3 is 1. The lowest BCUT2D eigenvalue weighted by molar-refractivity contribution is -0.116. The molecule has 2 aromatic carbocycles. The van der Waals surface area contributed by atoms with E-state index in [1.54, 1.807) is 31.4 Å².